The largest absolute Gasteiger partial charge is 0.350 e. The maximum Gasteiger partial charge on any atom is 0.286 e. The van der Waals surface area contributed by atoms with E-state index in [-0.39, 0.29) is 11.3 Å². The highest BCUT2D eigenvalue weighted by Crippen LogP contribution is 2.26. The van der Waals surface area contributed by atoms with Crippen LogP contribution in [0.5, 0.6) is 0 Å². The lowest BCUT2D eigenvalue weighted by Gasteiger charge is -2.17. The van der Waals surface area contributed by atoms with Crippen LogP contribution in [0, 0.1) is 6.92 Å². The molecule has 0 spiro atoms. The number of aryl methyl sites for hydroxylation is 1. The van der Waals surface area contributed by atoms with Crippen LogP contribution in [0.3, 0.4) is 0 Å². The fourth-order valence-corrected chi connectivity index (χ4v) is 3.78. The first-order valence-corrected chi connectivity index (χ1v) is 9.91. The van der Waals surface area contributed by atoms with E-state index in [2.05, 4.69) is 21.6 Å². The number of nitrogens with one attached hydrogen (secondary N) is 1. The lowest BCUT2D eigenvalue weighted by molar-refractivity contribution is 0.0945. The molecule has 1 N–H and O–H groups in total. The molecule has 0 radical (unpaired) electrons. The van der Waals surface area contributed by atoms with Gasteiger partial charge in [0.1, 0.15) is 0 Å². The number of fused-ring (bicyclic) bond motifs is 1. The molecule has 0 bridgehead atoms. The number of anilines is 2. The van der Waals surface area contributed by atoms with Gasteiger partial charge in [-0.05, 0) is 51.2 Å². The number of rotatable bonds is 5. The molecular weight excluding hydrogens is 354 g/mol. The van der Waals surface area contributed by atoms with Crippen molar-refractivity contribution in [2.75, 3.05) is 18.0 Å². The first kappa shape index (κ1) is 18.4. The average molecular weight is 379 g/mol. The third-order valence-corrected chi connectivity index (χ3v) is 5.39. The summed E-state index contributed by atoms with van der Waals surface area (Å²) in [5.74, 6) is 0.0377. The molecule has 146 valence electrons. The van der Waals surface area contributed by atoms with Gasteiger partial charge in [0, 0.05) is 25.3 Å². The zero-order chi connectivity index (χ0) is 19.5. The Labute approximate surface area is 164 Å². The van der Waals surface area contributed by atoms with Gasteiger partial charge in [0.15, 0.2) is 0 Å². The molecule has 0 saturated carbocycles. The second-order valence-electron chi connectivity index (χ2n) is 7.41. The van der Waals surface area contributed by atoms with E-state index in [0.29, 0.717) is 25.6 Å². The smallest absolute Gasteiger partial charge is 0.286 e. The van der Waals surface area contributed by atoms with Gasteiger partial charge >= 0.3 is 0 Å². The number of amides is 1. The second-order valence-corrected chi connectivity index (χ2v) is 7.41. The number of hydrogen-bond acceptors (Lipinski definition) is 5. The lowest BCUT2D eigenvalue weighted by Crippen LogP contribution is -2.35. The van der Waals surface area contributed by atoms with Crippen LogP contribution in [-0.2, 0) is 6.54 Å². The Morgan fingerprint density at radius 1 is 1.14 bits per heavy atom. The van der Waals surface area contributed by atoms with Crippen LogP contribution in [0.4, 0.5) is 11.6 Å². The Balaban J connectivity index is 1.46. The first-order valence-electron chi connectivity index (χ1n) is 9.91. The SMILES string of the molecule is Cc1ccc(N2CCn3c2nnc(C(=O)NCCC2=CCCCC2)c3=O)cc1. The molecule has 0 unspecified atom stereocenters. The van der Waals surface area contributed by atoms with Gasteiger partial charge in [-0.1, -0.05) is 29.3 Å². The van der Waals surface area contributed by atoms with Crippen LogP contribution in [0.2, 0.25) is 0 Å². The maximum atomic E-state index is 12.8. The van der Waals surface area contributed by atoms with E-state index in [1.165, 1.54) is 28.5 Å². The molecule has 0 fully saturated rings. The minimum Gasteiger partial charge on any atom is -0.350 e. The Kier molecular flexibility index (Phi) is 5.23. The summed E-state index contributed by atoms with van der Waals surface area (Å²) in [7, 11) is 0. The molecule has 4 rings (SSSR count). The Morgan fingerprint density at radius 2 is 1.96 bits per heavy atom. The average Bonchev–Trinajstić information content (AvgIpc) is 3.14. The third-order valence-electron chi connectivity index (χ3n) is 5.39. The van der Waals surface area contributed by atoms with Crippen LogP contribution in [0.1, 0.15) is 48.2 Å². The van der Waals surface area contributed by atoms with Gasteiger partial charge in [-0.2, -0.15) is 0 Å². The summed E-state index contributed by atoms with van der Waals surface area (Å²) in [6.07, 6.45) is 7.78. The molecule has 1 amide bonds. The predicted molar refractivity (Wildman–Crippen MR) is 108 cm³/mol. The molecule has 0 atom stereocenters. The second kappa shape index (κ2) is 7.96. The van der Waals surface area contributed by atoms with Crippen molar-refractivity contribution in [1.29, 1.82) is 0 Å². The normalized spacial score (nSPS) is 15.9. The summed E-state index contributed by atoms with van der Waals surface area (Å²) in [5, 5.41) is 11.0. The maximum absolute atomic E-state index is 12.8. The number of allylic oxidation sites excluding steroid dienone is 1. The van der Waals surface area contributed by atoms with Crippen molar-refractivity contribution in [3.05, 3.63) is 57.5 Å². The van der Waals surface area contributed by atoms with Gasteiger partial charge in [0.2, 0.25) is 11.6 Å². The van der Waals surface area contributed by atoms with Crippen LogP contribution in [0.25, 0.3) is 0 Å². The molecule has 2 aromatic rings. The molecule has 7 nitrogen and oxygen atoms in total. The number of aromatic nitrogens is 3. The predicted octanol–water partition coefficient (Wildman–Crippen LogP) is 2.72. The summed E-state index contributed by atoms with van der Waals surface area (Å²) < 4.78 is 1.53. The Morgan fingerprint density at radius 3 is 2.71 bits per heavy atom. The summed E-state index contributed by atoms with van der Waals surface area (Å²) in [4.78, 5) is 27.1. The highest BCUT2D eigenvalue weighted by molar-refractivity contribution is 5.91. The highest BCUT2D eigenvalue weighted by Gasteiger charge is 2.27. The van der Waals surface area contributed by atoms with E-state index in [9.17, 15) is 9.59 Å². The molecule has 0 saturated heterocycles. The van der Waals surface area contributed by atoms with Gasteiger partial charge in [0.25, 0.3) is 11.5 Å². The molecule has 1 aromatic carbocycles. The zero-order valence-corrected chi connectivity index (χ0v) is 16.1. The highest BCUT2D eigenvalue weighted by atomic mass is 16.2. The van der Waals surface area contributed by atoms with E-state index in [1.807, 2.05) is 36.1 Å². The quantitative estimate of drug-likeness (QED) is 0.808. The standard InChI is InChI=1S/C21H25N5O2/c1-15-7-9-17(10-8-15)25-13-14-26-20(28)18(23-24-21(25)26)19(27)22-12-11-16-5-3-2-4-6-16/h5,7-10H,2-4,6,11-14H2,1H3,(H,22,27). The lowest BCUT2D eigenvalue weighted by atomic mass is 9.97. The molecule has 1 aromatic heterocycles. The molecule has 7 heteroatoms. The van der Waals surface area contributed by atoms with Crippen molar-refractivity contribution in [3.63, 3.8) is 0 Å². The topological polar surface area (TPSA) is 80.1 Å². The first-order chi connectivity index (χ1) is 13.6. The van der Waals surface area contributed by atoms with E-state index in [1.54, 1.807) is 0 Å². The van der Waals surface area contributed by atoms with E-state index < -0.39 is 5.91 Å². The molecule has 2 aliphatic rings. The molecule has 2 heterocycles. The van der Waals surface area contributed by atoms with Gasteiger partial charge < -0.3 is 10.2 Å². The van der Waals surface area contributed by atoms with Gasteiger partial charge in [-0.25, -0.2) is 0 Å². The summed E-state index contributed by atoms with van der Waals surface area (Å²) in [5.41, 5.74) is 3.00. The Hall–Kier alpha value is -2.96. The minimum absolute atomic E-state index is 0.132. The summed E-state index contributed by atoms with van der Waals surface area (Å²) in [6, 6.07) is 8.04. The Bertz CT molecular complexity index is 962. The fraction of sp³-hybridized carbons (Fsp3) is 0.429. The van der Waals surface area contributed by atoms with E-state index in [0.717, 1.165) is 24.9 Å². The summed E-state index contributed by atoms with van der Waals surface area (Å²) >= 11 is 0. The van der Waals surface area contributed by atoms with Crippen LogP contribution in [-0.4, -0.2) is 33.8 Å². The zero-order valence-electron chi connectivity index (χ0n) is 16.1. The molecule has 1 aliphatic carbocycles. The van der Waals surface area contributed by atoms with Gasteiger partial charge in [0.05, 0.1) is 0 Å². The van der Waals surface area contributed by atoms with Gasteiger partial charge in [-0.3, -0.25) is 14.2 Å². The van der Waals surface area contributed by atoms with E-state index >= 15 is 0 Å². The van der Waals surface area contributed by atoms with Crippen LogP contribution in [0.15, 0.2) is 40.7 Å². The number of hydrogen-bond donors (Lipinski definition) is 1. The van der Waals surface area contributed by atoms with Gasteiger partial charge in [-0.15, -0.1) is 10.2 Å². The number of carbonyl (C=O) groups excluding carboxylic acids is 1. The van der Waals surface area contributed by atoms with Crippen molar-refractivity contribution < 1.29 is 4.79 Å². The van der Waals surface area contributed by atoms with Crippen LogP contribution < -0.4 is 15.8 Å². The van der Waals surface area contributed by atoms with E-state index in [4.69, 9.17) is 0 Å². The summed E-state index contributed by atoms with van der Waals surface area (Å²) in [6.45, 7) is 3.67. The number of benzene rings is 1. The van der Waals surface area contributed by atoms with Crippen molar-refractivity contribution >= 4 is 17.5 Å². The molecule has 28 heavy (non-hydrogen) atoms. The fourth-order valence-electron chi connectivity index (χ4n) is 3.78. The van der Waals surface area contributed by atoms with Crippen molar-refractivity contribution in [2.45, 2.75) is 45.6 Å². The van der Waals surface area contributed by atoms with Crippen molar-refractivity contribution in [3.8, 4) is 0 Å². The number of nitrogens with zero attached hydrogens (tertiary/aromatic N) is 4. The van der Waals surface area contributed by atoms with Crippen molar-refractivity contribution in [2.24, 2.45) is 0 Å². The third kappa shape index (κ3) is 3.69. The number of carbonyl (C=O) groups is 1. The monoisotopic (exact) mass is 379 g/mol. The molecular formula is C21H25N5O2. The minimum atomic E-state index is -0.446. The van der Waals surface area contributed by atoms with Crippen LogP contribution >= 0.6 is 0 Å². The molecule has 1 aliphatic heterocycles. The van der Waals surface area contributed by atoms with Crippen molar-refractivity contribution in [1.82, 2.24) is 20.1 Å².